The minimum Gasteiger partial charge on any atom is -0.370 e. The van der Waals surface area contributed by atoms with Crippen molar-refractivity contribution < 1.29 is 4.79 Å². The molecule has 1 aliphatic heterocycles. The molecule has 7 heteroatoms. The Morgan fingerprint density at radius 2 is 2.22 bits per heavy atom. The summed E-state index contributed by atoms with van der Waals surface area (Å²) in [6.45, 7) is 4.10. The van der Waals surface area contributed by atoms with Crippen LogP contribution in [-0.4, -0.2) is 34.8 Å². The Balaban J connectivity index is 1.57. The van der Waals surface area contributed by atoms with E-state index in [4.69, 9.17) is 0 Å². The molecule has 122 valence electrons. The summed E-state index contributed by atoms with van der Waals surface area (Å²) in [5.41, 5.74) is 0.792. The monoisotopic (exact) mass is 332 g/mol. The number of hydrogen-bond acceptors (Lipinski definition) is 5. The first-order chi connectivity index (χ1) is 11.2. The van der Waals surface area contributed by atoms with E-state index >= 15 is 0 Å². The van der Waals surface area contributed by atoms with Gasteiger partial charge in [-0.25, -0.2) is 4.68 Å². The molecule has 6 nitrogen and oxygen atoms in total. The van der Waals surface area contributed by atoms with Gasteiger partial charge in [0.05, 0.1) is 16.8 Å². The van der Waals surface area contributed by atoms with E-state index < -0.39 is 0 Å². The van der Waals surface area contributed by atoms with Crippen LogP contribution in [0.3, 0.4) is 0 Å². The zero-order chi connectivity index (χ0) is 16.2. The number of aryl methyl sites for hydroxylation is 1. The lowest BCUT2D eigenvalue weighted by molar-refractivity contribution is 0.0935. The molecule has 1 fully saturated rings. The Morgan fingerprint density at radius 1 is 1.43 bits per heavy atom. The van der Waals surface area contributed by atoms with E-state index in [0.717, 1.165) is 36.5 Å². The Labute approximate surface area is 138 Å². The number of thiophene rings is 1. The van der Waals surface area contributed by atoms with Crippen molar-refractivity contribution in [2.75, 3.05) is 18.0 Å². The fourth-order valence-electron chi connectivity index (χ4n) is 2.78. The maximum absolute atomic E-state index is 12.1. The van der Waals surface area contributed by atoms with Gasteiger partial charge in [0, 0.05) is 31.7 Å². The summed E-state index contributed by atoms with van der Waals surface area (Å²) in [6, 6.07) is 5.54. The SMILES string of the molecule is CCn1ncc(N2CCC(NC(=O)c3cccs3)CC2)cc1=O. The zero-order valence-electron chi connectivity index (χ0n) is 13.1. The Kier molecular flexibility index (Phi) is 4.76. The standard InChI is InChI=1S/C16H20N4O2S/c1-2-20-15(21)10-13(11-17-20)19-7-5-12(6-8-19)18-16(22)14-4-3-9-23-14/h3-4,9-12H,2,5-8H2,1H3,(H,18,22). The van der Waals surface area contributed by atoms with Gasteiger partial charge in [0.2, 0.25) is 0 Å². The average molecular weight is 332 g/mol. The van der Waals surface area contributed by atoms with Crippen LogP contribution in [0.4, 0.5) is 5.69 Å². The summed E-state index contributed by atoms with van der Waals surface area (Å²) in [5.74, 6) is 0.00524. The average Bonchev–Trinajstić information content (AvgIpc) is 3.10. The highest BCUT2D eigenvalue weighted by Gasteiger charge is 2.22. The van der Waals surface area contributed by atoms with Crippen LogP contribution in [0.15, 0.2) is 34.6 Å². The topological polar surface area (TPSA) is 67.2 Å². The van der Waals surface area contributed by atoms with Gasteiger partial charge in [-0.05, 0) is 31.2 Å². The van der Waals surface area contributed by atoms with Gasteiger partial charge in [-0.15, -0.1) is 11.3 Å². The highest BCUT2D eigenvalue weighted by Crippen LogP contribution is 2.18. The molecule has 1 amide bonds. The van der Waals surface area contributed by atoms with Gasteiger partial charge < -0.3 is 10.2 Å². The molecule has 23 heavy (non-hydrogen) atoms. The Bertz CT molecular complexity index is 718. The predicted molar refractivity (Wildman–Crippen MR) is 91.2 cm³/mol. The molecule has 0 unspecified atom stereocenters. The summed E-state index contributed by atoms with van der Waals surface area (Å²) >= 11 is 1.45. The molecule has 3 rings (SSSR count). The minimum absolute atomic E-state index is 0.00524. The van der Waals surface area contributed by atoms with E-state index in [0.29, 0.717) is 6.54 Å². The van der Waals surface area contributed by atoms with Crippen LogP contribution in [-0.2, 0) is 6.54 Å². The van der Waals surface area contributed by atoms with Crippen molar-refractivity contribution in [3.05, 3.63) is 45.0 Å². The molecule has 1 aliphatic rings. The van der Waals surface area contributed by atoms with Gasteiger partial charge in [0.15, 0.2) is 0 Å². The number of rotatable bonds is 4. The van der Waals surface area contributed by atoms with Crippen molar-refractivity contribution in [3.63, 3.8) is 0 Å². The molecule has 3 heterocycles. The first kappa shape index (κ1) is 15.7. The maximum Gasteiger partial charge on any atom is 0.268 e. The van der Waals surface area contributed by atoms with Crippen LogP contribution < -0.4 is 15.8 Å². The van der Waals surface area contributed by atoms with Crippen molar-refractivity contribution in [2.24, 2.45) is 0 Å². The number of anilines is 1. The first-order valence-corrected chi connectivity index (χ1v) is 8.72. The predicted octanol–water partition coefficient (Wildman–Crippen LogP) is 1.72. The number of piperidine rings is 1. The number of amides is 1. The van der Waals surface area contributed by atoms with Crippen LogP contribution >= 0.6 is 11.3 Å². The van der Waals surface area contributed by atoms with Gasteiger partial charge in [0.25, 0.3) is 11.5 Å². The molecule has 2 aromatic rings. The fourth-order valence-corrected chi connectivity index (χ4v) is 3.41. The lowest BCUT2D eigenvalue weighted by Crippen LogP contribution is -2.45. The molecular weight excluding hydrogens is 312 g/mol. The van der Waals surface area contributed by atoms with Crippen molar-refractivity contribution in [3.8, 4) is 0 Å². The number of nitrogens with zero attached hydrogens (tertiary/aromatic N) is 3. The second-order valence-electron chi connectivity index (χ2n) is 5.58. The quantitative estimate of drug-likeness (QED) is 0.926. The molecule has 0 atom stereocenters. The van der Waals surface area contributed by atoms with Gasteiger partial charge in [-0.3, -0.25) is 9.59 Å². The normalized spacial score (nSPS) is 15.6. The molecule has 1 N–H and O–H groups in total. The third kappa shape index (κ3) is 3.61. The fraction of sp³-hybridized carbons (Fsp3) is 0.438. The molecule has 0 radical (unpaired) electrons. The van der Waals surface area contributed by atoms with Crippen LogP contribution in [0, 0.1) is 0 Å². The van der Waals surface area contributed by atoms with Gasteiger partial charge >= 0.3 is 0 Å². The van der Waals surface area contributed by atoms with Crippen LogP contribution in [0.1, 0.15) is 29.4 Å². The van der Waals surface area contributed by atoms with Crippen molar-refractivity contribution in [2.45, 2.75) is 32.4 Å². The molecular formula is C16H20N4O2S. The summed E-state index contributed by atoms with van der Waals surface area (Å²) in [6.07, 6.45) is 3.48. The summed E-state index contributed by atoms with van der Waals surface area (Å²) < 4.78 is 1.44. The van der Waals surface area contributed by atoms with Gasteiger partial charge in [0.1, 0.15) is 0 Å². The van der Waals surface area contributed by atoms with E-state index in [1.807, 2.05) is 24.4 Å². The molecule has 0 saturated carbocycles. The molecule has 0 spiro atoms. The van der Waals surface area contributed by atoms with Crippen LogP contribution in [0.2, 0.25) is 0 Å². The third-order valence-electron chi connectivity index (χ3n) is 4.09. The van der Waals surface area contributed by atoms with E-state index in [1.54, 1.807) is 12.3 Å². The smallest absolute Gasteiger partial charge is 0.268 e. The molecule has 1 saturated heterocycles. The maximum atomic E-state index is 12.1. The summed E-state index contributed by atoms with van der Waals surface area (Å²) in [5, 5.41) is 9.16. The van der Waals surface area contributed by atoms with Crippen molar-refractivity contribution in [1.82, 2.24) is 15.1 Å². The largest absolute Gasteiger partial charge is 0.370 e. The number of aromatic nitrogens is 2. The molecule has 0 aromatic carbocycles. The number of carbonyl (C=O) groups is 1. The van der Waals surface area contributed by atoms with E-state index in [2.05, 4.69) is 15.3 Å². The minimum atomic E-state index is -0.0712. The zero-order valence-corrected chi connectivity index (χ0v) is 13.9. The van der Waals surface area contributed by atoms with E-state index in [-0.39, 0.29) is 17.5 Å². The third-order valence-corrected chi connectivity index (χ3v) is 4.96. The second-order valence-corrected chi connectivity index (χ2v) is 6.53. The van der Waals surface area contributed by atoms with E-state index in [1.165, 1.54) is 16.0 Å². The number of carbonyl (C=O) groups excluding carboxylic acids is 1. The lowest BCUT2D eigenvalue weighted by atomic mass is 10.0. The molecule has 0 aliphatic carbocycles. The van der Waals surface area contributed by atoms with Crippen molar-refractivity contribution >= 4 is 22.9 Å². The molecule has 0 bridgehead atoms. The number of hydrogen-bond donors (Lipinski definition) is 1. The van der Waals surface area contributed by atoms with Crippen molar-refractivity contribution in [1.29, 1.82) is 0 Å². The first-order valence-electron chi connectivity index (χ1n) is 7.84. The summed E-state index contributed by atoms with van der Waals surface area (Å²) in [7, 11) is 0. The van der Waals surface area contributed by atoms with Gasteiger partial charge in [-0.1, -0.05) is 6.07 Å². The van der Waals surface area contributed by atoms with Crippen LogP contribution in [0.25, 0.3) is 0 Å². The number of nitrogens with one attached hydrogen (secondary N) is 1. The highest BCUT2D eigenvalue weighted by atomic mass is 32.1. The lowest BCUT2D eigenvalue weighted by Gasteiger charge is -2.33. The molecule has 2 aromatic heterocycles. The Morgan fingerprint density at radius 3 is 2.83 bits per heavy atom. The van der Waals surface area contributed by atoms with Gasteiger partial charge in [-0.2, -0.15) is 5.10 Å². The van der Waals surface area contributed by atoms with Crippen LogP contribution in [0.5, 0.6) is 0 Å². The second kappa shape index (κ2) is 6.95. The summed E-state index contributed by atoms with van der Waals surface area (Å²) in [4.78, 5) is 26.8. The highest BCUT2D eigenvalue weighted by molar-refractivity contribution is 7.12. The van der Waals surface area contributed by atoms with E-state index in [9.17, 15) is 9.59 Å². The Hall–Kier alpha value is -2.15.